The quantitative estimate of drug-likeness (QED) is 0.600. The summed E-state index contributed by atoms with van der Waals surface area (Å²) in [5.41, 5.74) is 5.38. The highest BCUT2D eigenvalue weighted by Gasteiger charge is 2.27. The molecular formula is C7H15N4O+. The fourth-order valence-electron chi connectivity index (χ4n) is 0.699. The van der Waals surface area contributed by atoms with Crippen molar-refractivity contribution in [1.29, 1.82) is 0 Å². The summed E-state index contributed by atoms with van der Waals surface area (Å²) >= 11 is 0. The first-order valence-electron chi connectivity index (χ1n) is 3.79. The Balaban J connectivity index is 2.85. The molecule has 2 N–H and O–H groups in total. The van der Waals surface area contributed by atoms with Crippen LogP contribution >= 0.6 is 0 Å². The van der Waals surface area contributed by atoms with Gasteiger partial charge in [-0.05, 0) is 20.8 Å². The summed E-state index contributed by atoms with van der Waals surface area (Å²) in [5.74, 6) is 0.311. The monoisotopic (exact) mass is 171 g/mol. The second kappa shape index (κ2) is 2.66. The highest BCUT2D eigenvalue weighted by Crippen LogP contribution is 2.04. The summed E-state index contributed by atoms with van der Waals surface area (Å²) in [5, 5.41) is 5.65. The minimum absolute atomic E-state index is 0.00597. The van der Waals surface area contributed by atoms with Crippen LogP contribution in [0, 0.1) is 0 Å². The first kappa shape index (κ1) is 8.83. The maximum absolute atomic E-state index is 5.38. The van der Waals surface area contributed by atoms with E-state index in [1.807, 2.05) is 12.1 Å². The Labute approximate surface area is 71.7 Å². The molecule has 0 saturated heterocycles. The number of nitrogen functional groups attached to an aromatic ring is 1. The SMILES string of the molecule is CN([n+]1cc(N)on1)C(C)(C)C. The lowest BCUT2D eigenvalue weighted by Crippen LogP contribution is -2.64. The van der Waals surface area contributed by atoms with Crippen molar-refractivity contribution >= 4 is 5.88 Å². The van der Waals surface area contributed by atoms with E-state index in [2.05, 4.69) is 26.0 Å². The van der Waals surface area contributed by atoms with E-state index in [0.717, 1.165) is 0 Å². The lowest BCUT2D eigenvalue weighted by Gasteiger charge is -2.23. The van der Waals surface area contributed by atoms with Crippen molar-refractivity contribution in [2.45, 2.75) is 26.3 Å². The molecule has 5 nitrogen and oxygen atoms in total. The first-order valence-corrected chi connectivity index (χ1v) is 3.79. The standard InChI is InChI=1S/C7H15N4O/c1-7(2,3)10(4)11-5-6(8)12-9-11/h5H,8H2,1-4H3/q+1. The average molecular weight is 171 g/mol. The Morgan fingerprint density at radius 3 is 2.50 bits per heavy atom. The predicted octanol–water partition coefficient (Wildman–Crippen LogP) is -0.0894. The van der Waals surface area contributed by atoms with Gasteiger partial charge in [0.05, 0.1) is 17.4 Å². The number of aromatic nitrogens is 2. The summed E-state index contributed by atoms with van der Waals surface area (Å²) in [4.78, 5) is 1.58. The molecule has 0 spiro atoms. The van der Waals surface area contributed by atoms with Gasteiger partial charge >= 0.3 is 0 Å². The fourth-order valence-corrected chi connectivity index (χ4v) is 0.699. The van der Waals surface area contributed by atoms with Crippen molar-refractivity contribution in [2.75, 3.05) is 17.8 Å². The van der Waals surface area contributed by atoms with Crippen molar-refractivity contribution in [3.63, 3.8) is 0 Å². The summed E-state index contributed by atoms with van der Waals surface area (Å²) in [6.45, 7) is 6.22. The lowest BCUT2D eigenvalue weighted by molar-refractivity contribution is -0.762. The average Bonchev–Trinajstić information content (AvgIpc) is 2.32. The molecular weight excluding hydrogens is 156 g/mol. The van der Waals surface area contributed by atoms with Crippen LogP contribution < -0.4 is 15.5 Å². The summed E-state index contributed by atoms with van der Waals surface area (Å²) in [6, 6.07) is 0. The molecule has 1 heterocycles. The third-order valence-corrected chi connectivity index (χ3v) is 1.75. The minimum atomic E-state index is -0.00597. The molecule has 5 heteroatoms. The van der Waals surface area contributed by atoms with Gasteiger partial charge in [-0.15, -0.1) is 0 Å². The van der Waals surface area contributed by atoms with Crippen LogP contribution in [0.15, 0.2) is 10.7 Å². The minimum Gasteiger partial charge on any atom is -0.362 e. The smallest absolute Gasteiger partial charge is 0.296 e. The van der Waals surface area contributed by atoms with Crippen LogP contribution in [-0.4, -0.2) is 17.9 Å². The molecule has 0 unspecified atom stereocenters. The van der Waals surface area contributed by atoms with Crippen molar-refractivity contribution in [2.24, 2.45) is 0 Å². The molecule has 0 fully saturated rings. The molecule has 0 bridgehead atoms. The zero-order valence-electron chi connectivity index (χ0n) is 7.90. The van der Waals surface area contributed by atoms with Gasteiger partial charge in [-0.1, -0.05) is 0 Å². The molecule has 0 saturated carbocycles. The van der Waals surface area contributed by atoms with E-state index in [0.29, 0.717) is 5.88 Å². The summed E-state index contributed by atoms with van der Waals surface area (Å²) in [7, 11) is 1.92. The van der Waals surface area contributed by atoms with E-state index in [-0.39, 0.29) is 5.54 Å². The summed E-state index contributed by atoms with van der Waals surface area (Å²) < 4.78 is 4.73. The third kappa shape index (κ3) is 1.66. The Hall–Kier alpha value is -1.26. The molecule has 1 rings (SSSR count). The van der Waals surface area contributed by atoms with Gasteiger partial charge in [-0.25, -0.2) is 0 Å². The molecule has 0 amide bonds. The number of anilines is 1. The van der Waals surface area contributed by atoms with Crippen molar-refractivity contribution in [1.82, 2.24) is 5.27 Å². The van der Waals surface area contributed by atoms with Gasteiger partial charge < -0.3 is 5.73 Å². The number of nitrogens with zero attached hydrogens (tertiary/aromatic N) is 3. The van der Waals surface area contributed by atoms with E-state index < -0.39 is 0 Å². The number of hydrogen-bond acceptors (Lipinski definition) is 4. The third-order valence-electron chi connectivity index (χ3n) is 1.75. The highest BCUT2D eigenvalue weighted by atomic mass is 16.5. The van der Waals surface area contributed by atoms with Crippen molar-refractivity contribution in [3.8, 4) is 0 Å². The van der Waals surface area contributed by atoms with E-state index in [4.69, 9.17) is 10.3 Å². The normalized spacial score (nSPS) is 11.7. The molecule has 0 radical (unpaired) electrons. The zero-order chi connectivity index (χ0) is 9.35. The number of rotatable bonds is 1. The lowest BCUT2D eigenvalue weighted by atomic mass is 10.1. The van der Waals surface area contributed by atoms with Gasteiger partial charge in [0.2, 0.25) is 5.27 Å². The highest BCUT2D eigenvalue weighted by molar-refractivity contribution is 5.11. The van der Waals surface area contributed by atoms with E-state index in [9.17, 15) is 0 Å². The number of nitrogens with two attached hydrogens (primary N) is 1. The molecule has 0 aliphatic carbocycles. The van der Waals surface area contributed by atoms with Crippen LogP contribution in [0.25, 0.3) is 0 Å². The van der Waals surface area contributed by atoms with Crippen LogP contribution in [0.3, 0.4) is 0 Å². The molecule has 0 aliphatic heterocycles. The molecule has 68 valence electrons. The molecule has 0 aliphatic rings. The topological polar surface area (TPSA) is 59.2 Å². The van der Waals surface area contributed by atoms with Gasteiger partial charge in [-0.3, -0.25) is 4.52 Å². The Morgan fingerprint density at radius 1 is 1.58 bits per heavy atom. The van der Waals surface area contributed by atoms with Crippen molar-refractivity contribution < 1.29 is 9.31 Å². The first-order chi connectivity index (χ1) is 5.41. The maximum Gasteiger partial charge on any atom is 0.296 e. The molecule has 0 aromatic carbocycles. The maximum atomic E-state index is 5.38. The van der Waals surface area contributed by atoms with Crippen LogP contribution in [0.5, 0.6) is 0 Å². The van der Waals surface area contributed by atoms with E-state index in [1.54, 1.807) is 11.0 Å². The van der Waals surface area contributed by atoms with Gasteiger partial charge in [0.1, 0.15) is 0 Å². The Bertz CT molecular complexity index is 263. The number of hydrogen-bond donors (Lipinski definition) is 1. The summed E-state index contributed by atoms with van der Waals surface area (Å²) in [6.07, 6.45) is 1.63. The van der Waals surface area contributed by atoms with Gasteiger partial charge in [0.15, 0.2) is 0 Å². The van der Waals surface area contributed by atoms with Crippen LogP contribution in [-0.2, 0) is 0 Å². The molecule has 12 heavy (non-hydrogen) atoms. The van der Waals surface area contributed by atoms with E-state index in [1.165, 1.54) is 0 Å². The van der Waals surface area contributed by atoms with Gasteiger partial charge in [0, 0.05) is 0 Å². The van der Waals surface area contributed by atoms with Crippen LogP contribution in [0.1, 0.15) is 20.8 Å². The Kier molecular flexibility index (Phi) is 1.95. The second-order valence-electron chi connectivity index (χ2n) is 3.72. The largest absolute Gasteiger partial charge is 0.362 e. The second-order valence-corrected chi connectivity index (χ2v) is 3.72. The fraction of sp³-hybridized carbons (Fsp3) is 0.714. The van der Waals surface area contributed by atoms with Gasteiger partial charge in [-0.2, -0.15) is 5.01 Å². The zero-order valence-corrected chi connectivity index (χ0v) is 7.90. The predicted molar refractivity (Wildman–Crippen MR) is 45.0 cm³/mol. The van der Waals surface area contributed by atoms with Crippen LogP contribution in [0.4, 0.5) is 5.88 Å². The van der Waals surface area contributed by atoms with Crippen molar-refractivity contribution in [3.05, 3.63) is 6.20 Å². The van der Waals surface area contributed by atoms with E-state index >= 15 is 0 Å². The molecule has 1 aromatic heterocycles. The Morgan fingerprint density at radius 2 is 2.17 bits per heavy atom. The van der Waals surface area contributed by atoms with Crippen LogP contribution in [0.2, 0.25) is 0 Å². The van der Waals surface area contributed by atoms with Gasteiger partial charge in [0.25, 0.3) is 12.1 Å². The molecule has 1 aromatic rings. The molecule has 0 atom stereocenters.